The van der Waals surface area contributed by atoms with Gasteiger partial charge in [-0.3, -0.25) is 0 Å². The van der Waals surface area contributed by atoms with Crippen LogP contribution in [0.1, 0.15) is 22.3 Å². The van der Waals surface area contributed by atoms with Crippen LogP contribution in [-0.2, 0) is 5.60 Å². The lowest BCUT2D eigenvalue weighted by Crippen LogP contribution is -2.29. The Morgan fingerprint density at radius 2 is 1.12 bits per heavy atom. The highest BCUT2D eigenvalue weighted by Gasteiger charge is 2.38. The van der Waals surface area contributed by atoms with Gasteiger partial charge in [-0.25, -0.2) is 26.3 Å². The first-order valence-electron chi connectivity index (χ1n) is 6.55. The molecular formula is C17H10F6O. The second-order valence-electron chi connectivity index (χ2n) is 5.17. The summed E-state index contributed by atoms with van der Waals surface area (Å²) in [4.78, 5) is 0. The van der Waals surface area contributed by atoms with Gasteiger partial charge < -0.3 is 5.11 Å². The normalized spacial score (nSPS) is 11.5. The summed E-state index contributed by atoms with van der Waals surface area (Å²) in [5.41, 5.74) is -6.58. The average molecular weight is 344 g/mol. The lowest BCUT2D eigenvalue weighted by Gasteiger charge is -2.26. The fraction of sp³-hybridized carbons (Fsp3) is 0.176. The number of rotatable bonds is 2. The lowest BCUT2D eigenvalue weighted by atomic mass is 9.84. The number of hydrogen-bond donors (Lipinski definition) is 1. The second-order valence-corrected chi connectivity index (χ2v) is 5.17. The molecule has 0 radical (unpaired) electrons. The van der Waals surface area contributed by atoms with E-state index in [4.69, 9.17) is 6.42 Å². The third-order valence-electron chi connectivity index (χ3n) is 3.74. The van der Waals surface area contributed by atoms with Crippen molar-refractivity contribution in [2.45, 2.75) is 19.4 Å². The highest BCUT2D eigenvalue weighted by molar-refractivity contribution is 5.48. The van der Waals surface area contributed by atoms with E-state index < -0.39 is 62.8 Å². The summed E-state index contributed by atoms with van der Waals surface area (Å²) >= 11 is 0. The van der Waals surface area contributed by atoms with E-state index in [1.807, 2.05) is 0 Å². The molecule has 0 bridgehead atoms. The van der Waals surface area contributed by atoms with Gasteiger partial charge in [0.1, 0.15) is 11.6 Å². The molecule has 0 aliphatic heterocycles. The highest BCUT2D eigenvalue weighted by atomic mass is 19.2. The molecule has 24 heavy (non-hydrogen) atoms. The van der Waals surface area contributed by atoms with E-state index in [0.29, 0.717) is 0 Å². The third-order valence-corrected chi connectivity index (χ3v) is 3.74. The van der Waals surface area contributed by atoms with Gasteiger partial charge in [-0.05, 0) is 26.0 Å². The largest absolute Gasteiger partial charge is 0.369 e. The summed E-state index contributed by atoms with van der Waals surface area (Å²) in [6.45, 7) is 1.75. The molecule has 2 aromatic rings. The maximum atomic E-state index is 14.3. The van der Waals surface area contributed by atoms with Gasteiger partial charge >= 0.3 is 0 Å². The molecule has 2 aromatic carbocycles. The Hall–Kier alpha value is -2.46. The SMILES string of the molecule is C#CC(O)(c1cc(F)c(F)c(C)c1F)c1cc(F)c(F)c(C)c1F. The molecule has 126 valence electrons. The number of terminal acetylenes is 1. The van der Waals surface area contributed by atoms with E-state index in [9.17, 15) is 31.4 Å². The van der Waals surface area contributed by atoms with Gasteiger partial charge in [0.15, 0.2) is 28.9 Å². The molecule has 0 unspecified atom stereocenters. The van der Waals surface area contributed by atoms with Crippen molar-refractivity contribution in [2.24, 2.45) is 0 Å². The first-order chi connectivity index (χ1) is 11.1. The molecule has 1 nitrogen and oxygen atoms in total. The molecule has 0 fully saturated rings. The highest BCUT2D eigenvalue weighted by Crippen LogP contribution is 2.36. The predicted octanol–water partition coefficient (Wildman–Crippen LogP) is 4.01. The molecule has 0 saturated carbocycles. The Kier molecular flexibility index (Phi) is 4.38. The lowest BCUT2D eigenvalue weighted by molar-refractivity contribution is 0.134. The van der Waals surface area contributed by atoms with Gasteiger partial charge in [-0.15, -0.1) is 6.42 Å². The summed E-state index contributed by atoms with van der Waals surface area (Å²) in [5, 5.41) is 10.5. The van der Waals surface area contributed by atoms with Gasteiger partial charge in [0, 0.05) is 22.3 Å². The number of benzene rings is 2. The predicted molar refractivity (Wildman–Crippen MR) is 73.9 cm³/mol. The maximum absolute atomic E-state index is 14.3. The molecule has 0 spiro atoms. The van der Waals surface area contributed by atoms with Crippen molar-refractivity contribution < 1.29 is 31.4 Å². The van der Waals surface area contributed by atoms with Crippen molar-refractivity contribution in [3.63, 3.8) is 0 Å². The second kappa shape index (κ2) is 5.87. The Labute approximate surface area is 133 Å². The monoisotopic (exact) mass is 344 g/mol. The fourth-order valence-electron chi connectivity index (χ4n) is 2.29. The topological polar surface area (TPSA) is 20.2 Å². The minimum absolute atomic E-state index is 0.244. The van der Waals surface area contributed by atoms with E-state index >= 15 is 0 Å². The molecular weight excluding hydrogens is 334 g/mol. The van der Waals surface area contributed by atoms with Crippen LogP contribution in [0.25, 0.3) is 0 Å². The van der Waals surface area contributed by atoms with Crippen molar-refractivity contribution in [3.05, 3.63) is 69.3 Å². The van der Waals surface area contributed by atoms with Gasteiger partial charge in [0.25, 0.3) is 0 Å². The fourth-order valence-corrected chi connectivity index (χ4v) is 2.29. The van der Waals surface area contributed by atoms with Crippen LogP contribution in [0.5, 0.6) is 0 Å². The molecule has 1 N–H and O–H groups in total. The van der Waals surface area contributed by atoms with Crippen molar-refractivity contribution in [1.29, 1.82) is 0 Å². The molecule has 0 saturated heterocycles. The van der Waals surface area contributed by atoms with E-state index in [0.717, 1.165) is 13.8 Å². The molecule has 0 aliphatic carbocycles. The standard InChI is InChI=1S/C17H10F6O/c1-4-17(24,9-5-11(18)15(22)7(2)13(9)20)10-6-12(19)16(23)8(3)14(10)21/h1,5-6,24H,2-3H3. The van der Waals surface area contributed by atoms with Gasteiger partial charge in [0.05, 0.1) is 0 Å². The zero-order valence-electron chi connectivity index (χ0n) is 12.4. The van der Waals surface area contributed by atoms with Gasteiger partial charge in [-0.2, -0.15) is 0 Å². The van der Waals surface area contributed by atoms with Gasteiger partial charge in [0.2, 0.25) is 0 Å². The summed E-state index contributed by atoms with van der Waals surface area (Å²) in [5.74, 6) is -7.35. The van der Waals surface area contributed by atoms with Crippen LogP contribution in [0, 0.1) is 61.1 Å². The third kappa shape index (κ3) is 2.43. The summed E-state index contributed by atoms with van der Waals surface area (Å²) in [6, 6.07) is 0.487. The summed E-state index contributed by atoms with van der Waals surface area (Å²) < 4.78 is 82.5. The quantitative estimate of drug-likeness (QED) is 0.496. The van der Waals surface area contributed by atoms with Crippen molar-refractivity contribution >= 4 is 0 Å². The van der Waals surface area contributed by atoms with Gasteiger partial charge in [-0.1, -0.05) is 5.92 Å². The van der Waals surface area contributed by atoms with E-state index in [1.165, 1.54) is 0 Å². The van der Waals surface area contributed by atoms with Crippen molar-refractivity contribution in [3.8, 4) is 12.3 Å². The number of hydrogen-bond acceptors (Lipinski definition) is 1. The first-order valence-corrected chi connectivity index (χ1v) is 6.55. The van der Waals surface area contributed by atoms with Crippen LogP contribution in [-0.4, -0.2) is 5.11 Å². The molecule has 7 heteroatoms. The smallest absolute Gasteiger partial charge is 0.182 e. The van der Waals surface area contributed by atoms with Crippen LogP contribution in [0.4, 0.5) is 26.3 Å². The zero-order chi connectivity index (χ0) is 18.4. The summed E-state index contributed by atoms with van der Waals surface area (Å²) in [7, 11) is 0. The van der Waals surface area contributed by atoms with E-state index in [1.54, 1.807) is 5.92 Å². The first kappa shape index (κ1) is 17.9. The van der Waals surface area contributed by atoms with Crippen LogP contribution in [0.3, 0.4) is 0 Å². The van der Waals surface area contributed by atoms with Crippen LogP contribution >= 0.6 is 0 Å². The minimum atomic E-state index is -2.98. The Morgan fingerprint density at radius 3 is 1.42 bits per heavy atom. The van der Waals surface area contributed by atoms with Crippen LogP contribution in [0.15, 0.2) is 12.1 Å². The average Bonchev–Trinajstić information content (AvgIpc) is 2.56. The van der Waals surface area contributed by atoms with E-state index in [2.05, 4.69) is 0 Å². The number of aliphatic hydroxyl groups is 1. The van der Waals surface area contributed by atoms with Crippen LogP contribution in [0.2, 0.25) is 0 Å². The molecule has 2 rings (SSSR count). The summed E-state index contributed by atoms with van der Waals surface area (Å²) in [6.07, 6.45) is 5.12. The van der Waals surface area contributed by atoms with Crippen LogP contribution < -0.4 is 0 Å². The number of halogens is 6. The molecule has 0 aromatic heterocycles. The zero-order valence-corrected chi connectivity index (χ0v) is 12.4. The Bertz CT molecular complexity index is 819. The Balaban J connectivity index is 2.89. The maximum Gasteiger partial charge on any atom is 0.182 e. The minimum Gasteiger partial charge on any atom is -0.369 e. The van der Waals surface area contributed by atoms with Crippen molar-refractivity contribution in [2.75, 3.05) is 0 Å². The van der Waals surface area contributed by atoms with Crippen molar-refractivity contribution in [1.82, 2.24) is 0 Å². The molecule has 0 atom stereocenters. The molecule has 0 aliphatic rings. The Morgan fingerprint density at radius 1 is 0.792 bits per heavy atom. The van der Waals surface area contributed by atoms with E-state index in [-0.39, 0.29) is 12.1 Å². The molecule has 0 heterocycles. The molecule has 0 amide bonds.